The molecule has 2 aliphatic rings. The molecule has 180 valence electrons. The second-order valence-electron chi connectivity index (χ2n) is 11.4. The Morgan fingerprint density at radius 3 is 1.62 bits per heavy atom. The second kappa shape index (κ2) is 8.23. The van der Waals surface area contributed by atoms with Gasteiger partial charge in [-0.2, -0.15) is 0 Å². The van der Waals surface area contributed by atoms with Crippen LogP contribution in [-0.2, 0) is 18.6 Å². The highest BCUT2D eigenvalue weighted by molar-refractivity contribution is 6.62. The number of nitrogens with two attached hydrogens (primary N) is 1. The van der Waals surface area contributed by atoms with Crippen LogP contribution in [0.2, 0.25) is 0 Å². The van der Waals surface area contributed by atoms with Crippen molar-refractivity contribution in [3.8, 4) is 0 Å². The molecule has 8 heteroatoms. The molecule has 0 aliphatic carbocycles. The minimum Gasteiger partial charge on any atom is -0.399 e. The molecule has 0 saturated carbocycles. The van der Waals surface area contributed by atoms with Gasteiger partial charge in [0.25, 0.3) is 0 Å². The van der Waals surface area contributed by atoms with Gasteiger partial charge in [-0.05, 0) is 90.9 Å². The van der Waals surface area contributed by atoms with Gasteiger partial charge in [-0.15, -0.1) is 0 Å². The van der Waals surface area contributed by atoms with Gasteiger partial charge in [-0.3, -0.25) is 4.99 Å². The first-order valence-corrected chi connectivity index (χ1v) is 11.9. The lowest BCUT2D eigenvalue weighted by Crippen LogP contribution is -2.41. The van der Waals surface area contributed by atoms with E-state index in [1.807, 2.05) is 71.0 Å². The lowest BCUT2D eigenvalue weighted by Gasteiger charge is -2.32. The van der Waals surface area contributed by atoms with Crippen molar-refractivity contribution in [3.63, 3.8) is 0 Å². The first-order chi connectivity index (χ1) is 15.6. The number of rotatable bonds is 4. The molecule has 0 spiro atoms. The molecule has 2 saturated heterocycles. The molecular weight excluding hydrogens is 426 g/mol. The number of anilines is 1. The van der Waals surface area contributed by atoms with Gasteiger partial charge in [0, 0.05) is 17.5 Å². The van der Waals surface area contributed by atoms with Crippen molar-refractivity contribution in [3.05, 3.63) is 47.5 Å². The van der Waals surface area contributed by atoms with Gasteiger partial charge in [0.2, 0.25) is 0 Å². The van der Waals surface area contributed by atoms with E-state index in [1.54, 1.807) is 6.21 Å². The summed E-state index contributed by atoms with van der Waals surface area (Å²) in [4.78, 5) is 4.66. The smallest absolute Gasteiger partial charge is 0.399 e. The Labute approximate surface area is 204 Å². The van der Waals surface area contributed by atoms with Crippen molar-refractivity contribution >= 4 is 42.8 Å². The molecular formula is C26H36B2N2O4. The van der Waals surface area contributed by atoms with Crippen LogP contribution in [0.5, 0.6) is 0 Å². The summed E-state index contributed by atoms with van der Waals surface area (Å²) in [5.74, 6) is 0. The Hall–Kier alpha value is -2.12. The number of aryl methyl sites for hydroxylation is 1. The van der Waals surface area contributed by atoms with Crippen LogP contribution >= 0.6 is 0 Å². The van der Waals surface area contributed by atoms with Crippen LogP contribution in [0, 0.1) is 6.92 Å². The van der Waals surface area contributed by atoms with Crippen LogP contribution in [0.3, 0.4) is 0 Å². The number of benzene rings is 2. The average Bonchev–Trinajstić information content (AvgIpc) is 3.09. The molecule has 2 N–H and O–H groups in total. The van der Waals surface area contributed by atoms with E-state index in [0.29, 0.717) is 5.69 Å². The zero-order valence-electron chi connectivity index (χ0n) is 21.9. The standard InChI is InChI=1S/C26H36B2N2O4/c1-17-14-20(28-33-25(6,7)26(8,9)34-28)15-18(22(17)29)16-30-21-12-10-19(11-13-21)27-31-23(2,3)24(4,5)32-27/h10-16H,29H2,1-9H3. The van der Waals surface area contributed by atoms with Crippen molar-refractivity contribution < 1.29 is 18.6 Å². The van der Waals surface area contributed by atoms with Gasteiger partial charge >= 0.3 is 14.2 Å². The minimum absolute atomic E-state index is 0.369. The number of hydrogen-bond acceptors (Lipinski definition) is 6. The Bertz CT molecular complexity index is 1080. The second-order valence-corrected chi connectivity index (χ2v) is 11.4. The van der Waals surface area contributed by atoms with Gasteiger partial charge in [0.05, 0.1) is 28.1 Å². The normalized spacial score (nSPS) is 22.6. The molecule has 0 atom stereocenters. The molecule has 0 amide bonds. The van der Waals surface area contributed by atoms with Crippen LogP contribution in [0.4, 0.5) is 11.4 Å². The van der Waals surface area contributed by atoms with Crippen LogP contribution in [0.25, 0.3) is 0 Å². The molecule has 6 nitrogen and oxygen atoms in total. The van der Waals surface area contributed by atoms with Crippen molar-refractivity contribution in [1.29, 1.82) is 0 Å². The van der Waals surface area contributed by atoms with Crippen molar-refractivity contribution in [2.24, 2.45) is 4.99 Å². The van der Waals surface area contributed by atoms with Crippen LogP contribution in [0.1, 0.15) is 66.5 Å². The predicted molar refractivity (Wildman–Crippen MR) is 141 cm³/mol. The Balaban J connectivity index is 1.53. The predicted octanol–water partition coefficient (Wildman–Crippen LogP) is 3.93. The van der Waals surface area contributed by atoms with Crippen LogP contribution in [-0.4, -0.2) is 42.9 Å². The fourth-order valence-corrected chi connectivity index (χ4v) is 3.92. The summed E-state index contributed by atoms with van der Waals surface area (Å²) < 4.78 is 24.7. The van der Waals surface area contributed by atoms with Gasteiger partial charge in [-0.25, -0.2) is 0 Å². The van der Waals surface area contributed by atoms with E-state index in [1.165, 1.54) is 0 Å². The average molecular weight is 462 g/mol. The van der Waals surface area contributed by atoms with E-state index in [0.717, 1.165) is 27.7 Å². The summed E-state index contributed by atoms with van der Waals surface area (Å²) in [6, 6.07) is 11.9. The minimum atomic E-state index is -0.448. The molecule has 2 heterocycles. The largest absolute Gasteiger partial charge is 0.494 e. The maximum absolute atomic E-state index is 6.37. The van der Waals surface area contributed by atoms with E-state index >= 15 is 0 Å². The number of nitrogen functional groups attached to an aromatic ring is 1. The maximum atomic E-state index is 6.37. The molecule has 2 aliphatic heterocycles. The summed E-state index contributed by atoms with van der Waals surface area (Å²) in [5.41, 5.74) is 10.0. The molecule has 0 unspecified atom stereocenters. The first-order valence-electron chi connectivity index (χ1n) is 11.9. The van der Waals surface area contributed by atoms with E-state index in [-0.39, 0.29) is 11.2 Å². The van der Waals surface area contributed by atoms with Crippen LogP contribution in [0.15, 0.2) is 41.4 Å². The summed E-state index contributed by atoms with van der Waals surface area (Å²) in [5, 5.41) is 0. The highest BCUT2D eigenvalue weighted by Gasteiger charge is 2.52. The van der Waals surface area contributed by atoms with Gasteiger partial charge in [0.15, 0.2) is 0 Å². The molecule has 0 bridgehead atoms. The summed E-state index contributed by atoms with van der Waals surface area (Å²) in [6.45, 7) is 18.4. The van der Waals surface area contributed by atoms with Crippen molar-refractivity contribution in [2.45, 2.75) is 84.7 Å². The number of hydrogen-bond donors (Lipinski definition) is 1. The highest BCUT2D eigenvalue weighted by atomic mass is 16.7. The van der Waals surface area contributed by atoms with Gasteiger partial charge in [-0.1, -0.05) is 24.3 Å². The maximum Gasteiger partial charge on any atom is 0.494 e. The monoisotopic (exact) mass is 462 g/mol. The Morgan fingerprint density at radius 1 is 0.706 bits per heavy atom. The summed E-state index contributed by atoms with van der Waals surface area (Å²) >= 11 is 0. The molecule has 2 fully saturated rings. The lowest BCUT2D eigenvalue weighted by molar-refractivity contribution is 0.00578. The fraction of sp³-hybridized carbons (Fsp3) is 0.500. The van der Waals surface area contributed by atoms with Crippen LogP contribution < -0.4 is 16.7 Å². The van der Waals surface area contributed by atoms with E-state index in [2.05, 4.69) is 32.7 Å². The van der Waals surface area contributed by atoms with Gasteiger partial charge < -0.3 is 24.4 Å². The molecule has 2 aromatic carbocycles. The third-order valence-corrected chi connectivity index (χ3v) is 7.74. The fourth-order valence-electron chi connectivity index (χ4n) is 3.92. The van der Waals surface area contributed by atoms with E-state index < -0.39 is 25.4 Å². The molecule has 4 rings (SSSR count). The third-order valence-electron chi connectivity index (χ3n) is 7.74. The lowest BCUT2D eigenvalue weighted by atomic mass is 9.77. The summed E-state index contributed by atoms with van der Waals surface area (Å²) in [7, 11) is -0.839. The first kappa shape index (κ1) is 25.0. The molecule has 0 aromatic heterocycles. The topological polar surface area (TPSA) is 75.3 Å². The Morgan fingerprint density at radius 2 is 1.15 bits per heavy atom. The molecule has 0 radical (unpaired) electrons. The zero-order valence-corrected chi connectivity index (χ0v) is 21.9. The van der Waals surface area contributed by atoms with E-state index in [9.17, 15) is 0 Å². The van der Waals surface area contributed by atoms with Crippen molar-refractivity contribution in [1.82, 2.24) is 0 Å². The number of aliphatic imine (C=N–C) groups is 1. The quantitative estimate of drug-likeness (QED) is 0.424. The van der Waals surface area contributed by atoms with E-state index in [4.69, 9.17) is 24.4 Å². The van der Waals surface area contributed by atoms with Gasteiger partial charge in [0.1, 0.15) is 0 Å². The summed E-state index contributed by atoms with van der Waals surface area (Å²) in [6.07, 6.45) is 1.79. The number of nitrogens with zero attached hydrogens (tertiary/aromatic N) is 1. The zero-order chi connectivity index (χ0) is 25.1. The third kappa shape index (κ3) is 4.44. The molecule has 2 aromatic rings. The highest BCUT2D eigenvalue weighted by Crippen LogP contribution is 2.37. The van der Waals surface area contributed by atoms with Crippen molar-refractivity contribution in [2.75, 3.05) is 5.73 Å². The SMILES string of the molecule is Cc1cc(B2OC(C)(C)C(C)(C)O2)cc(C=Nc2ccc(B3OC(C)(C)C(C)(C)O3)cc2)c1N. The Kier molecular flexibility index (Phi) is 6.05. The molecule has 34 heavy (non-hydrogen) atoms.